The summed E-state index contributed by atoms with van der Waals surface area (Å²) < 4.78 is 7.62. The second-order valence-electron chi connectivity index (χ2n) is 6.67. The summed E-state index contributed by atoms with van der Waals surface area (Å²) in [6.45, 7) is 4.04. The third-order valence-electron chi connectivity index (χ3n) is 5.32. The minimum atomic E-state index is -0.815. The lowest BCUT2D eigenvalue weighted by Crippen LogP contribution is -2.60. The van der Waals surface area contributed by atoms with Crippen LogP contribution >= 0.6 is 0 Å². The van der Waals surface area contributed by atoms with Crippen LogP contribution in [0.25, 0.3) is 5.65 Å². The Morgan fingerprint density at radius 3 is 2.88 bits per heavy atom. The van der Waals surface area contributed by atoms with Gasteiger partial charge in [0.1, 0.15) is 12.4 Å². The van der Waals surface area contributed by atoms with E-state index in [1.807, 2.05) is 0 Å². The van der Waals surface area contributed by atoms with Crippen LogP contribution in [0.4, 0.5) is 5.69 Å². The van der Waals surface area contributed by atoms with Crippen LogP contribution < -0.4 is 4.90 Å². The van der Waals surface area contributed by atoms with Gasteiger partial charge >= 0.3 is 0 Å². The van der Waals surface area contributed by atoms with Gasteiger partial charge in [-0.1, -0.05) is 6.92 Å². The van der Waals surface area contributed by atoms with Gasteiger partial charge in [0.05, 0.1) is 29.7 Å². The highest BCUT2D eigenvalue weighted by atomic mass is 16.5. The van der Waals surface area contributed by atoms with E-state index < -0.39 is 17.8 Å². The Kier molecular flexibility index (Phi) is 3.90. The largest absolute Gasteiger partial charge is 0.390 e. The fraction of sp³-hybridized carbons (Fsp3) is 0.688. The maximum Gasteiger partial charge on any atom is 0.200 e. The van der Waals surface area contributed by atoms with Crippen LogP contribution in [-0.4, -0.2) is 67.5 Å². The molecule has 4 heterocycles. The Labute approximate surface area is 140 Å². The van der Waals surface area contributed by atoms with Gasteiger partial charge in [-0.15, -0.1) is 10.2 Å². The fourth-order valence-electron chi connectivity index (χ4n) is 3.81. The summed E-state index contributed by atoms with van der Waals surface area (Å²) in [5.41, 5.74) is 2.12. The molecule has 0 bridgehead atoms. The molecule has 8 nitrogen and oxygen atoms in total. The number of fused-ring (bicyclic) bond motifs is 1. The minimum absolute atomic E-state index is 0.497. The first-order valence-corrected chi connectivity index (χ1v) is 8.58. The van der Waals surface area contributed by atoms with Crippen LogP contribution in [0.5, 0.6) is 0 Å². The molecule has 0 radical (unpaired) electrons. The number of hydrogen-bond acceptors (Lipinski definition) is 7. The SMILES string of the molecule is CCc1cc(N2CCC3(CC2)OCC[C@H](O)[C@@H]3O)c2nncn2n1. The molecule has 2 aromatic heterocycles. The van der Waals surface area contributed by atoms with Gasteiger partial charge in [0.25, 0.3) is 0 Å². The van der Waals surface area contributed by atoms with Gasteiger partial charge in [0, 0.05) is 13.1 Å². The molecule has 0 saturated carbocycles. The number of hydrogen-bond donors (Lipinski definition) is 2. The van der Waals surface area contributed by atoms with E-state index in [0.29, 0.717) is 25.9 Å². The van der Waals surface area contributed by atoms with Crippen LogP contribution in [0.3, 0.4) is 0 Å². The van der Waals surface area contributed by atoms with Gasteiger partial charge in [0.2, 0.25) is 5.65 Å². The van der Waals surface area contributed by atoms with Gasteiger partial charge in [-0.05, 0) is 31.7 Å². The molecule has 0 amide bonds. The molecule has 130 valence electrons. The van der Waals surface area contributed by atoms with Crippen LogP contribution in [0, 0.1) is 0 Å². The van der Waals surface area contributed by atoms with E-state index in [1.54, 1.807) is 10.8 Å². The Morgan fingerprint density at radius 2 is 2.12 bits per heavy atom. The smallest absolute Gasteiger partial charge is 0.200 e. The minimum Gasteiger partial charge on any atom is -0.390 e. The molecule has 24 heavy (non-hydrogen) atoms. The summed E-state index contributed by atoms with van der Waals surface area (Å²) in [4.78, 5) is 2.24. The van der Waals surface area contributed by atoms with Crippen LogP contribution in [0.2, 0.25) is 0 Å². The topological polar surface area (TPSA) is 96.0 Å². The molecule has 8 heteroatoms. The van der Waals surface area contributed by atoms with Crippen LogP contribution in [-0.2, 0) is 11.2 Å². The molecule has 2 fully saturated rings. The molecule has 1 spiro atoms. The molecule has 0 unspecified atom stereocenters. The maximum absolute atomic E-state index is 10.4. The molecule has 0 aromatic carbocycles. The molecular weight excluding hydrogens is 310 g/mol. The highest BCUT2D eigenvalue weighted by Gasteiger charge is 2.47. The van der Waals surface area contributed by atoms with Gasteiger partial charge < -0.3 is 19.8 Å². The number of aliphatic hydroxyl groups excluding tert-OH is 2. The zero-order valence-corrected chi connectivity index (χ0v) is 13.8. The molecular formula is C16H23N5O3. The summed E-state index contributed by atoms with van der Waals surface area (Å²) in [5.74, 6) is 0. The fourth-order valence-corrected chi connectivity index (χ4v) is 3.81. The van der Waals surface area contributed by atoms with E-state index in [4.69, 9.17) is 4.74 Å². The number of piperidine rings is 1. The maximum atomic E-state index is 10.4. The number of nitrogens with zero attached hydrogens (tertiary/aromatic N) is 5. The van der Waals surface area contributed by atoms with Gasteiger partial charge in [0.15, 0.2) is 0 Å². The molecule has 2 aliphatic heterocycles. The highest BCUT2D eigenvalue weighted by molar-refractivity contribution is 5.68. The number of rotatable bonds is 2. The summed E-state index contributed by atoms with van der Waals surface area (Å²) in [7, 11) is 0. The predicted octanol–water partition coefficient (Wildman–Crippen LogP) is 0.168. The third kappa shape index (κ3) is 2.45. The van der Waals surface area contributed by atoms with Crippen molar-refractivity contribution in [2.75, 3.05) is 24.6 Å². The van der Waals surface area contributed by atoms with Gasteiger partial charge in [-0.25, -0.2) is 0 Å². The summed E-state index contributed by atoms with van der Waals surface area (Å²) >= 11 is 0. The van der Waals surface area contributed by atoms with Crippen molar-refractivity contribution in [2.24, 2.45) is 0 Å². The highest BCUT2D eigenvalue weighted by Crippen LogP contribution is 2.37. The molecule has 2 saturated heterocycles. The van der Waals surface area contributed by atoms with E-state index >= 15 is 0 Å². The van der Waals surface area contributed by atoms with Crippen molar-refractivity contribution in [1.29, 1.82) is 0 Å². The number of anilines is 1. The van der Waals surface area contributed by atoms with Crippen LogP contribution in [0.1, 0.15) is 31.9 Å². The van der Waals surface area contributed by atoms with Crippen molar-refractivity contribution in [1.82, 2.24) is 19.8 Å². The van der Waals surface area contributed by atoms with Crippen molar-refractivity contribution in [3.05, 3.63) is 18.1 Å². The molecule has 0 aliphatic carbocycles. The third-order valence-corrected chi connectivity index (χ3v) is 5.32. The standard InChI is InChI=1S/C16H23N5O3/c1-2-11-9-12(15-18-17-10-21(15)19-11)20-6-4-16(5-7-20)14(23)13(22)3-8-24-16/h9-10,13-14,22-23H,2-8H2,1H3/t13-,14-/m0/s1. The second-order valence-corrected chi connectivity index (χ2v) is 6.67. The Morgan fingerprint density at radius 1 is 1.33 bits per heavy atom. The zero-order chi connectivity index (χ0) is 16.7. The quantitative estimate of drug-likeness (QED) is 0.808. The average molecular weight is 333 g/mol. The number of aromatic nitrogens is 4. The normalized spacial score (nSPS) is 27.0. The Balaban J connectivity index is 1.59. The van der Waals surface area contributed by atoms with E-state index in [2.05, 4.69) is 33.2 Å². The lowest BCUT2D eigenvalue weighted by atomic mass is 9.80. The first-order valence-electron chi connectivity index (χ1n) is 8.58. The lowest BCUT2D eigenvalue weighted by Gasteiger charge is -2.48. The molecule has 2 atom stereocenters. The second kappa shape index (κ2) is 5.94. The first-order chi connectivity index (χ1) is 11.6. The number of ether oxygens (including phenoxy) is 1. The van der Waals surface area contributed by atoms with Crippen molar-refractivity contribution < 1.29 is 14.9 Å². The zero-order valence-electron chi connectivity index (χ0n) is 13.8. The van der Waals surface area contributed by atoms with Crippen molar-refractivity contribution in [3.63, 3.8) is 0 Å². The Hall–Kier alpha value is -1.77. The molecule has 2 N–H and O–H groups in total. The summed E-state index contributed by atoms with van der Waals surface area (Å²) in [6.07, 6.45) is 2.80. The molecule has 4 rings (SSSR count). The van der Waals surface area contributed by atoms with E-state index in [1.165, 1.54) is 0 Å². The van der Waals surface area contributed by atoms with Crippen molar-refractivity contribution >= 4 is 11.3 Å². The number of aliphatic hydroxyl groups is 2. The Bertz CT molecular complexity index is 726. The molecule has 2 aliphatic rings. The monoisotopic (exact) mass is 333 g/mol. The van der Waals surface area contributed by atoms with E-state index in [-0.39, 0.29) is 0 Å². The average Bonchev–Trinajstić information content (AvgIpc) is 3.08. The van der Waals surface area contributed by atoms with Gasteiger partial charge in [-0.2, -0.15) is 9.61 Å². The van der Waals surface area contributed by atoms with E-state index in [9.17, 15) is 10.2 Å². The van der Waals surface area contributed by atoms with Crippen molar-refractivity contribution in [3.8, 4) is 0 Å². The molecule has 2 aromatic rings. The van der Waals surface area contributed by atoms with E-state index in [0.717, 1.165) is 36.5 Å². The van der Waals surface area contributed by atoms with Crippen molar-refractivity contribution in [2.45, 2.75) is 50.4 Å². The summed E-state index contributed by atoms with van der Waals surface area (Å²) in [6, 6.07) is 2.06. The number of aryl methyl sites for hydroxylation is 1. The van der Waals surface area contributed by atoms with Gasteiger partial charge in [-0.3, -0.25) is 0 Å². The summed E-state index contributed by atoms with van der Waals surface area (Å²) in [5, 5.41) is 33.0. The lowest BCUT2D eigenvalue weighted by molar-refractivity contribution is -0.205. The van der Waals surface area contributed by atoms with Crippen LogP contribution in [0.15, 0.2) is 12.4 Å². The first kappa shape index (κ1) is 15.7. The predicted molar refractivity (Wildman–Crippen MR) is 86.9 cm³/mol.